The van der Waals surface area contributed by atoms with Crippen molar-refractivity contribution in [3.05, 3.63) is 0 Å². The molecular weight excluding hydrogens is 254 g/mol. The average Bonchev–Trinajstić information content (AvgIpc) is 2.48. The number of carbonyl (C=O) groups excluding carboxylic acids is 2. The van der Waals surface area contributed by atoms with Crippen LogP contribution in [0.3, 0.4) is 0 Å². The summed E-state index contributed by atoms with van der Waals surface area (Å²) in [6, 6.07) is 0.369. The highest BCUT2D eigenvalue weighted by Gasteiger charge is 2.31. The van der Waals surface area contributed by atoms with Crippen LogP contribution in [0.15, 0.2) is 0 Å². The van der Waals surface area contributed by atoms with Crippen molar-refractivity contribution in [3.8, 4) is 0 Å². The Bertz CT molecular complexity index is 341. The van der Waals surface area contributed by atoms with Crippen molar-refractivity contribution in [2.45, 2.75) is 45.1 Å². The summed E-state index contributed by atoms with van der Waals surface area (Å²) in [5.74, 6) is 0.259. The number of piperidine rings is 2. The van der Waals surface area contributed by atoms with Gasteiger partial charge in [-0.1, -0.05) is 6.92 Å². The fourth-order valence-corrected chi connectivity index (χ4v) is 3.26. The number of nitrogens with one attached hydrogen (secondary N) is 1. The minimum Gasteiger partial charge on any atom is -0.355 e. The molecule has 5 nitrogen and oxygen atoms in total. The molecule has 2 fully saturated rings. The molecule has 0 aliphatic carbocycles. The number of likely N-dealkylation sites (tertiary alicyclic amines) is 1. The van der Waals surface area contributed by atoms with Gasteiger partial charge in [0.05, 0.1) is 5.92 Å². The Morgan fingerprint density at radius 1 is 1.35 bits per heavy atom. The van der Waals surface area contributed by atoms with Crippen LogP contribution in [0.1, 0.15) is 39.0 Å². The quantitative estimate of drug-likeness (QED) is 0.831. The maximum absolute atomic E-state index is 12.5. The van der Waals surface area contributed by atoms with Crippen LogP contribution in [0.5, 0.6) is 0 Å². The lowest BCUT2D eigenvalue weighted by Crippen LogP contribution is -2.50. The summed E-state index contributed by atoms with van der Waals surface area (Å²) in [5.41, 5.74) is 0. The molecule has 114 valence electrons. The molecule has 0 aromatic rings. The van der Waals surface area contributed by atoms with E-state index < -0.39 is 0 Å². The molecule has 0 saturated carbocycles. The van der Waals surface area contributed by atoms with Gasteiger partial charge in [-0.3, -0.25) is 9.59 Å². The van der Waals surface area contributed by atoms with Gasteiger partial charge in [-0.05, 0) is 32.2 Å². The van der Waals surface area contributed by atoms with Crippen molar-refractivity contribution in [3.63, 3.8) is 0 Å². The first-order valence-corrected chi connectivity index (χ1v) is 7.87. The van der Waals surface area contributed by atoms with Gasteiger partial charge in [0.15, 0.2) is 0 Å². The third-order valence-corrected chi connectivity index (χ3v) is 4.61. The zero-order valence-corrected chi connectivity index (χ0v) is 12.7. The van der Waals surface area contributed by atoms with Gasteiger partial charge in [0, 0.05) is 39.1 Å². The van der Waals surface area contributed by atoms with Gasteiger partial charge in [0.25, 0.3) is 0 Å². The monoisotopic (exact) mass is 281 g/mol. The van der Waals surface area contributed by atoms with E-state index in [4.69, 9.17) is 0 Å². The van der Waals surface area contributed by atoms with E-state index in [-0.39, 0.29) is 17.7 Å². The zero-order chi connectivity index (χ0) is 14.5. The van der Waals surface area contributed by atoms with Crippen molar-refractivity contribution >= 4 is 11.8 Å². The molecule has 1 N–H and O–H groups in total. The van der Waals surface area contributed by atoms with Crippen molar-refractivity contribution in [2.75, 3.05) is 33.2 Å². The van der Waals surface area contributed by atoms with Gasteiger partial charge in [-0.2, -0.15) is 0 Å². The molecule has 0 aromatic heterocycles. The summed E-state index contributed by atoms with van der Waals surface area (Å²) in [5, 5.41) is 2.80. The number of carbonyl (C=O) groups is 2. The highest BCUT2D eigenvalue weighted by atomic mass is 16.2. The first-order chi connectivity index (χ1) is 9.61. The standard InChI is InChI=1S/C15H27N3O2/c1-3-8-18-9-6-13(7-10-18)17(2)15(20)12-4-5-14(19)16-11-12/h12-13H,3-11H2,1-2H3,(H,16,19). The fourth-order valence-electron chi connectivity index (χ4n) is 3.26. The lowest BCUT2D eigenvalue weighted by atomic mass is 9.95. The number of hydrogen-bond acceptors (Lipinski definition) is 3. The lowest BCUT2D eigenvalue weighted by Gasteiger charge is -2.38. The Hall–Kier alpha value is -1.10. The summed E-state index contributed by atoms with van der Waals surface area (Å²) in [4.78, 5) is 28.0. The molecule has 1 unspecified atom stereocenters. The smallest absolute Gasteiger partial charge is 0.227 e. The molecule has 2 aliphatic rings. The van der Waals surface area contributed by atoms with Crippen LogP contribution in [0.4, 0.5) is 0 Å². The molecule has 2 heterocycles. The van der Waals surface area contributed by atoms with E-state index in [0.717, 1.165) is 25.9 Å². The number of rotatable bonds is 4. The normalized spacial score (nSPS) is 25.3. The van der Waals surface area contributed by atoms with Crippen LogP contribution in [0.25, 0.3) is 0 Å². The van der Waals surface area contributed by atoms with E-state index in [9.17, 15) is 9.59 Å². The second-order valence-corrected chi connectivity index (χ2v) is 6.06. The van der Waals surface area contributed by atoms with E-state index in [1.54, 1.807) is 0 Å². The number of nitrogens with zero attached hydrogens (tertiary/aromatic N) is 2. The third kappa shape index (κ3) is 3.72. The largest absolute Gasteiger partial charge is 0.355 e. The van der Waals surface area contributed by atoms with Crippen LogP contribution in [-0.2, 0) is 9.59 Å². The Morgan fingerprint density at radius 2 is 2.05 bits per heavy atom. The van der Waals surface area contributed by atoms with E-state index in [1.807, 2.05) is 11.9 Å². The van der Waals surface area contributed by atoms with Gasteiger partial charge in [-0.15, -0.1) is 0 Å². The summed E-state index contributed by atoms with van der Waals surface area (Å²) >= 11 is 0. The van der Waals surface area contributed by atoms with Crippen LogP contribution in [-0.4, -0.2) is 60.9 Å². The highest BCUT2D eigenvalue weighted by molar-refractivity contribution is 5.83. The number of amides is 2. The topological polar surface area (TPSA) is 52.7 Å². The first-order valence-electron chi connectivity index (χ1n) is 7.87. The third-order valence-electron chi connectivity index (χ3n) is 4.61. The summed E-state index contributed by atoms with van der Waals surface area (Å²) in [6.07, 6.45) is 4.52. The van der Waals surface area contributed by atoms with Crippen LogP contribution >= 0.6 is 0 Å². The maximum Gasteiger partial charge on any atom is 0.227 e. The molecule has 5 heteroatoms. The van der Waals surface area contributed by atoms with Crippen molar-refractivity contribution in [1.29, 1.82) is 0 Å². The van der Waals surface area contributed by atoms with Crippen molar-refractivity contribution in [2.24, 2.45) is 5.92 Å². The second-order valence-electron chi connectivity index (χ2n) is 6.06. The van der Waals surface area contributed by atoms with Crippen molar-refractivity contribution in [1.82, 2.24) is 15.1 Å². The molecule has 0 radical (unpaired) electrons. The number of hydrogen-bond donors (Lipinski definition) is 1. The zero-order valence-electron chi connectivity index (χ0n) is 12.7. The summed E-state index contributed by atoms with van der Waals surface area (Å²) in [7, 11) is 1.93. The van der Waals surface area contributed by atoms with Gasteiger partial charge >= 0.3 is 0 Å². The van der Waals surface area contributed by atoms with Gasteiger partial charge in [0.1, 0.15) is 0 Å². The molecule has 1 atom stereocenters. The molecule has 0 spiro atoms. The molecule has 2 aliphatic heterocycles. The Balaban J connectivity index is 1.80. The fraction of sp³-hybridized carbons (Fsp3) is 0.867. The highest BCUT2D eigenvalue weighted by Crippen LogP contribution is 2.20. The average molecular weight is 281 g/mol. The molecular formula is C15H27N3O2. The van der Waals surface area contributed by atoms with E-state index >= 15 is 0 Å². The van der Waals surface area contributed by atoms with Crippen molar-refractivity contribution < 1.29 is 9.59 Å². The van der Waals surface area contributed by atoms with E-state index in [0.29, 0.717) is 25.4 Å². The van der Waals surface area contributed by atoms with Gasteiger partial charge < -0.3 is 15.1 Å². The molecule has 2 rings (SSSR count). The van der Waals surface area contributed by atoms with Crippen LogP contribution in [0, 0.1) is 5.92 Å². The molecule has 2 amide bonds. The summed E-state index contributed by atoms with van der Waals surface area (Å²) in [6.45, 7) is 6.07. The molecule has 0 bridgehead atoms. The van der Waals surface area contributed by atoms with Gasteiger partial charge in [-0.25, -0.2) is 0 Å². The Morgan fingerprint density at radius 3 is 2.60 bits per heavy atom. The van der Waals surface area contributed by atoms with Gasteiger partial charge in [0.2, 0.25) is 11.8 Å². The SMILES string of the molecule is CCCN1CCC(N(C)C(=O)C2CCC(=O)NC2)CC1. The maximum atomic E-state index is 12.5. The summed E-state index contributed by atoms with van der Waals surface area (Å²) < 4.78 is 0. The first kappa shape index (κ1) is 15.3. The second kappa shape index (κ2) is 7.07. The van der Waals surface area contributed by atoms with Crippen LogP contribution in [0.2, 0.25) is 0 Å². The lowest BCUT2D eigenvalue weighted by molar-refractivity contribution is -0.139. The molecule has 20 heavy (non-hydrogen) atoms. The minimum atomic E-state index is -0.0219. The van der Waals surface area contributed by atoms with E-state index in [2.05, 4.69) is 17.1 Å². The molecule has 2 saturated heterocycles. The van der Waals surface area contributed by atoms with Crippen LogP contribution < -0.4 is 5.32 Å². The Labute approximate surface area is 121 Å². The predicted octanol–water partition coefficient (Wildman–Crippen LogP) is 0.845. The predicted molar refractivity (Wildman–Crippen MR) is 78.3 cm³/mol. The minimum absolute atomic E-state index is 0.0219. The Kier molecular flexibility index (Phi) is 5.40. The van der Waals surface area contributed by atoms with E-state index in [1.165, 1.54) is 13.0 Å². The molecule has 0 aromatic carbocycles.